The number of imidazole rings is 1. The first-order chi connectivity index (χ1) is 11.9. The van der Waals surface area contributed by atoms with Gasteiger partial charge in [0.25, 0.3) is 0 Å². The third-order valence-electron chi connectivity index (χ3n) is 3.79. The quantitative estimate of drug-likeness (QED) is 0.748. The number of carbonyl (C=O) groups excluding carboxylic acids is 1. The minimum atomic E-state index is -0.491. The van der Waals surface area contributed by atoms with Gasteiger partial charge >= 0.3 is 5.69 Å². The van der Waals surface area contributed by atoms with E-state index in [-0.39, 0.29) is 6.54 Å². The number of hydrogen-bond donors (Lipinski definition) is 2. The summed E-state index contributed by atoms with van der Waals surface area (Å²) in [6.45, 7) is 1.57. The summed E-state index contributed by atoms with van der Waals surface area (Å²) in [6.07, 6.45) is 0. The molecule has 0 radical (unpaired) electrons. The Balaban J connectivity index is 1.88. The molecule has 2 N–H and O–H groups in total. The molecule has 0 aliphatic heterocycles. The number of nitrogens with zero attached hydrogens (tertiary/aromatic N) is 1. The molecular weight excluding hydrogens is 349 g/mol. The summed E-state index contributed by atoms with van der Waals surface area (Å²) >= 11 is 6.04. The summed E-state index contributed by atoms with van der Waals surface area (Å²) in [4.78, 5) is 26.9. The Bertz CT molecular complexity index is 1030. The van der Waals surface area contributed by atoms with Crippen molar-refractivity contribution in [1.82, 2.24) is 9.55 Å². The van der Waals surface area contributed by atoms with Crippen LogP contribution in [0.5, 0.6) is 5.75 Å². The van der Waals surface area contributed by atoms with Crippen molar-refractivity contribution in [3.05, 3.63) is 57.2 Å². The van der Waals surface area contributed by atoms with Crippen LogP contribution in [0.15, 0.2) is 35.1 Å². The van der Waals surface area contributed by atoms with Crippen molar-refractivity contribution in [2.45, 2.75) is 13.5 Å². The zero-order chi connectivity index (χ0) is 18.1. The Morgan fingerprint density at radius 1 is 1.36 bits per heavy atom. The van der Waals surface area contributed by atoms with E-state index in [0.29, 0.717) is 27.5 Å². The summed E-state index contributed by atoms with van der Waals surface area (Å²) in [5.41, 5.74) is 1.51. The van der Waals surface area contributed by atoms with E-state index < -0.39 is 17.4 Å². The van der Waals surface area contributed by atoms with Crippen molar-refractivity contribution in [2.24, 2.45) is 0 Å². The van der Waals surface area contributed by atoms with E-state index in [0.717, 1.165) is 5.56 Å². The van der Waals surface area contributed by atoms with E-state index in [1.54, 1.807) is 19.1 Å². The van der Waals surface area contributed by atoms with Crippen LogP contribution in [-0.4, -0.2) is 22.6 Å². The number of rotatable bonds is 4. The van der Waals surface area contributed by atoms with Gasteiger partial charge in [-0.2, -0.15) is 0 Å². The highest BCUT2D eigenvalue weighted by Gasteiger charge is 2.14. The average Bonchev–Trinajstić information content (AvgIpc) is 2.85. The molecule has 1 amide bonds. The Kier molecular flexibility index (Phi) is 4.50. The van der Waals surface area contributed by atoms with E-state index in [1.807, 2.05) is 0 Å². The van der Waals surface area contributed by atoms with Crippen molar-refractivity contribution in [2.75, 3.05) is 12.4 Å². The molecule has 25 heavy (non-hydrogen) atoms. The highest BCUT2D eigenvalue weighted by Crippen LogP contribution is 2.30. The van der Waals surface area contributed by atoms with Gasteiger partial charge < -0.3 is 15.0 Å². The van der Waals surface area contributed by atoms with Crippen LogP contribution in [0, 0.1) is 12.7 Å². The highest BCUT2D eigenvalue weighted by atomic mass is 35.5. The SMILES string of the molecule is COc1cc(Cl)c(C)cc1NC(=O)Cn1c(=O)[nH]c2cc(F)ccc21. The molecule has 3 rings (SSSR count). The minimum absolute atomic E-state index is 0.227. The number of aromatic nitrogens is 2. The number of methoxy groups -OCH3 is 1. The van der Waals surface area contributed by atoms with E-state index in [9.17, 15) is 14.0 Å². The molecule has 8 heteroatoms. The molecule has 3 aromatic rings. The number of hydrogen-bond acceptors (Lipinski definition) is 3. The summed E-state index contributed by atoms with van der Waals surface area (Å²) in [5, 5.41) is 3.22. The molecular formula is C17H15ClFN3O3. The zero-order valence-corrected chi connectivity index (χ0v) is 14.3. The van der Waals surface area contributed by atoms with Crippen molar-refractivity contribution in [3.8, 4) is 5.75 Å². The predicted octanol–water partition coefficient (Wildman–Crippen LogP) is 3.08. The van der Waals surface area contributed by atoms with Gasteiger partial charge in [0.15, 0.2) is 0 Å². The molecule has 0 fully saturated rings. The van der Waals surface area contributed by atoms with Crippen LogP contribution in [0.2, 0.25) is 5.02 Å². The summed E-state index contributed by atoms with van der Waals surface area (Å²) in [7, 11) is 1.47. The molecule has 6 nitrogen and oxygen atoms in total. The number of anilines is 1. The maximum Gasteiger partial charge on any atom is 0.326 e. The largest absolute Gasteiger partial charge is 0.495 e. The fourth-order valence-electron chi connectivity index (χ4n) is 2.56. The molecule has 0 atom stereocenters. The molecule has 0 bridgehead atoms. The smallest absolute Gasteiger partial charge is 0.326 e. The monoisotopic (exact) mass is 363 g/mol. The first-order valence-corrected chi connectivity index (χ1v) is 7.79. The van der Waals surface area contributed by atoms with Crippen LogP contribution in [0.25, 0.3) is 11.0 Å². The Morgan fingerprint density at radius 3 is 2.84 bits per heavy atom. The zero-order valence-electron chi connectivity index (χ0n) is 13.5. The molecule has 1 heterocycles. The lowest BCUT2D eigenvalue weighted by Crippen LogP contribution is -2.26. The predicted molar refractivity (Wildman–Crippen MR) is 93.9 cm³/mol. The number of benzene rings is 2. The van der Waals surface area contributed by atoms with Gasteiger partial charge in [0.05, 0.1) is 23.8 Å². The number of amides is 1. The molecule has 2 aromatic carbocycles. The van der Waals surface area contributed by atoms with E-state index in [4.69, 9.17) is 16.3 Å². The second-order valence-electron chi connectivity index (χ2n) is 5.53. The van der Waals surface area contributed by atoms with Gasteiger partial charge in [0, 0.05) is 11.1 Å². The van der Waals surface area contributed by atoms with Gasteiger partial charge in [-0.05, 0) is 36.8 Å². The molecule has 0 unspecified atom stereocenters. The highest BCUT2D eigenvalue weighted by molar-refractivity contribution is 6.31. The van der Waals surface area contributed by atoms with Crippen LogP contribution in [0.4, 0.5) is 10.1 Å². The van der Waals surface area contributed by atoms with E-state index in [1.165, 1.54) is 29.9 Å². The summed E-state index contributed by atoms with van der Waals surface area (Å²) in [5.74, 6) is -0.476. The number of halogens is 2. The first-order valence-electron chi connectivity index (χ1n) is 7.41. The molecule has 0 saturated heterocycles. The minimum Gasteiger partial charge on any atom is -0.495 e. The Hall–Kier alpha value is -2.80. The number of ether oxygens (including phenoxy) is 1. The normalized spacial score (nSPS) is 10.9. The van der Waals surface area contributed by atoms with Crippen molar-refractivity contribution in [1.29, 1.82) is 0 Å². The Morgan fingerprint density at radius 2 is 2.12 bits per heavy atom. The molecule has 0 aliphatic rings. The number of fused-ring (bicyclic) bond motifs is 1. The fourth-order valence-corrected chi connectivity index (χ4v) is 2.71. The lowest BCUT2D eigenvalue weighted by atomic mass is 10.2. The van der Waals surface area contributed by atoms with Crippen molar-refractivity contribution < 1.29 is 13.9 Å². The summed E-state index contributed by atoms with van der Waals surface area (Å²) in [6, 6.07) is 7.18. The van der Waals surface area contributed by atoms with Gasteiger partial charge in [-0.1, -0.05) is 11.6 Å². The average molecular weight is 364 g/mol. The molecule has 130 valence electrons. The van der Waals surface area contributed by atoms with E-state index >= 15 is 0 Å². The number of H-pyrrole nitrogens is 1. The van der Waals surface area contributed by atoms with Crippen LogP contribution >= 0.6 is 11.6 Å². The first kappa shape index (κ1) is 17.0. The van der Waals surface area contributed by atoms with Crippen LogP contribution in [-0.2, 0) is 11.3 Å². The second kappa shape index (κ2) is 6.60. The molecule has 0 aliphatic carbocycles. The van der Waals surface area contributed by atoms with Crippen LogP contribution < -0.4 is 15.7 Å². The number of nitrogens with one attached hydrogen (secondary N) is 2. The van der Waals surface area contributed by atoms with Crippen LogP contribution in [0.3, 0.4) is 0 Å². The lowest BCUT2D eigenvalue weighted by Gasteiger charge is -2.12. The van der Waals surface area contributed by atoms with E-state index in [2.05, 4.69) is 10.3 Å². The number of aryl methyl sites for hydroxylation is 1. The van der Waals surface area contributed by atoms with Gasteiger partial charge in [0.2, 0.25) is 5.91 Å². The molecule has 0 saturated carbocycles. The molecule has 0 spiro atoms. The third-order valence-corrected chi connectivity index (χ3v) is 4.20. The number of aromatic amines is 1. The Labute approximate surface area is 147 Å². The maximum absolute atomic E-state index is 13.2. The van der Waals surface area contributed by atoms with Crippen molar-refractivity contribution >= 4 is 34.2 Å². The molecule has 1 aromatic heterocycles. The third kappa shape index (κ3) is 3.36. The fraction of sp³-hybridized carbons (Fsp3) is 0.176. The van der Waals surface area contributed by atoms with Crippen molar-refractivity contribution in [3.63, 3.8) is 0 Å². The van der Waals surface area contributed by atoms with Gasteiger partial charge in [-0.25, -0.2) is 9.18 Å². The standard InChI is InChI=1S/C17H15ClFN3O3/c1-9-5-13(15(25-2)7-11(9)18)20-16(23)8-22-14-4-3-10(19)6-12(14)21-17(22)24/h3-7H,8H2,1-2H3,(H,20,23)(H,21,24). The van der Waals surface area contributed by atoms with Gasteiger partial charge in [-0.3, -0.25) is 9.36 Å². The lowest BCUT2D eigenvalue weighted by molar-refractivity contribution is -0.116. The van der Waals surface area contributed by atoms with Crippen LogP contribution in [0.1, 0.15) is 5.56 Å². The topological polar surface area (TPSA) is 76.1 Å². The second-order valence-corrected chi connectivity index (χ2v) is 5.93. The summed E-state index contributed by atoms with van der Waals surface area (Å²) < 4.78 is 19.7. The maximum atomic E-state index is 13.2. The van der Waals surface area contributed by atoms with Gasteiger partial charge in [0.1, 0.15) is 18.1 Å². The number of carbonyl (C=O) groups is 1. The van der Waals surface area contributed by atoms with Gasteiger partial charge in [-0.15, -0.1) is 0 Å².